The lowest BCUT2D eigenvalue weighted by atomic mass is 10.2. The van der Waals surface area contributed by atoms with Gasteiger partial charge in [-0.1, -0.05) is 36.4 Å². The molecule has 3 nitrogen and oxygen atoms in total. The minimum atomic E-state index is -0.228. The van der Waals surface area contributed by atoms with Gasteiger partial charge in [-0.25, -0.2) is 0 Å². The molecule has 2 aromatic carbocycles. The van der Waals surface area contributed by atoms with Crippen molar-refractivity contribution in [1.29, 1.82) is 0 Å². The SMILES string of the molecule is O=C(CCl)Nc1ccccc1COc1ccccc1. The van der Waals surface area contributed by atoms with Crippen LogP contribution in [0.1, 0.15) is 5.56 Å². The first-order chi connectivity index (χ1) is 9.29. The molecule has 19 heavy (non-hydrogen) atoms. The molecule has 2 aromatic rings. The van der Waals surface area contributed by atoms with Gasteiger partial charge < -0.3 is 10.1 Å². The van der Waals surface area contributed by atoms with Crippen molar-refractivity contribution >= 4 is 23.2 Å². The molecule has 0 aliphatic carbocycles. The maximum Gasteiger partial charge on any atom is 0.239 e. The molecule has 0 aliphatic heterocycles. The van der Waals surface area contributed by atoms with Crippen LogP contribution in [0, 0.1) is 0 Å². The second-order valence-corrected chi connectivity index (χ2v) is 4.21. The maximum atomic E-state index is 11.3. The smallest absolute Gasteiger partial charge is 0.239 e. The van der Waals surface area contributed by atoms with Crippen molar-refractivity contribution in [3.05, 3.63) is 60.2 Å². The first-order valence-corrected chi connectivity index (χ1v) is 6.44. The number of halogens is 1. The molecule has 0 unspecified atom stereocenters. The lowest BCUT2D eigenvalue weighted by Crippen LogP contribution is -2.14. The Balaban J connectivity index is 2.05. The number of rotatable bonds is 5. The van der Waals surface area contributed by atoms with E-state index in [4.69, 9.17) is 16.3 Å². The number of carbonyl (C=O) groups excluding carboxylic acids is 1. The number of hydrogen-bond acceptors (Lipinski definition) is 2. The van der Waals surface area contributed by atoms with Crippen LogP contribution in [0.4, 0.5) is 5.69 Å². The fourth-order valence-corrected chi connectivity index (χ4v) is 1.70. The van der Waals surface area contributed by atoms with Gasteiger partial charge >= 0.3 is 0 Å². The molecule has 0 aromatic heterocycles. The average molecular weight is 276 g/mol. The van der Waals surface area contributed by atoms with Gasteiger partial charge in [-0.15, -0.1) is 11.6 Å². The summed E-state index contributed by atoms with van der Waals surface area (Å²) in [6.45, 7) is 0.392. The zero-order valence-electron chi connectivity index (χ0n) is 10.3. The zero-order valence-corrected chi connectivity index (χ0v) is 11.1. The molecule has 98 valence electrons. The third kappa shape index (κ3) is 4.00. The molecule has 0 fully saturated rings. The minimum Gasteiger partial charge on any atom is -0.489 e. The molecule has 0 heterocycles. The second-order valence-electron chi connectivity index (χ2n) is 3.94. The Morgan fingerprint density at radius 2 is 1.74 bits per heavy atom. The van der Waals surface area contributed by atoms with E-state index >= 15 is 0 Å². The number of hydrogen-bond donors (Lipinski definition) is 1. The Labute approximate surface area is 117 Å². The highest BCUT2D eigenvalue weighted by Crippen LogP contribution is 2.18. The summed E-state index contributed by atoms with van der Waals surface area (Å²) in [7, 11) is 0. The molecule has 2 rings (SSSR count). The first-order valence-electron chi connectivity index (χ1n) is 5.91. The standard InChI is InChI=1S/C15H14ClNO2/c16-10-15(18)17-14-9-5-4-6-12(14)11-19-13-7-2-1-3-8-13/h1-9H,10-11H2,(H,17,18). The Morgan fingerprint density at radius 1 is 1.05 bits per heavy atom. The van der Waals surface area contributed by atoms with Crippen molar-refractivity contribution in [3.63, 3.8) is 0 Å². The summed E-state index contributed by atoms with van der Waals surface area (Å²) in [4.78, 5) is 11.3. The summed E-state index contributed by atoms with van der Waals surface area (Å²) in [5, 5.41) is 2.75. The molecule has 0 saturated carbocycles. The maximum absolute atomic E-state index is 11.3. The highest BCUT2D eigenvalue weighted by molar-refractivity contribution is 6.29. The van der Waals surface area contributed by atoms with Gasteiger partial charge in [0.2, 0.25) is 5.91 Å². The topological polar surface area (TPSA) is 38.3 Å². The number of ether oxygens (including phenoxy) is 1. The largest absolute Gasteiger partial charge is 0.489 e. The molecule has 0 radical (unpaired) electrons. The van der Waals surface area contributed by atoms with E-state index in [2.05, 4.69) is 5.32 Å². The lowest BCUT2D eigenvalue weighted by Gasteiger charge is -2.11. The number of carbonyl (C=O) groups is 1. The van der Waals surface area contributed by atoms with Crippen molar-refractivity contribution in [2.24, 2.45) is 0 Å². The number of benzene rings is 2. The van der Waals surface area contributed by atoms with Crippen LogP contribution in [0.5, 0.6) is 5.75 Å². The van der Waals surface area contributed by atoms with Crippen LogP contribution in [-0.4, -0.2) is 11.8 Å². The van der Waals surface area contributed by atoms with Crippen LogP contribution in [0.2, 0.25) is 0 Å². The van der Waals surface area contributed by atoms with Crippen LogP contribution in [-0.2, 0) is 11.4 Å². The highest BCUT2D eigenvalue weighted by atomic mass is 35.5. The van der Waals surface area contributed by atoms with E-state index in [1.165, 1.54) is 0 Å². The van der Waals surface area contributed by atoms with E-state index in [9.17, 15) is 4.79 Å². The number of para-hydroxylation sites is 2. The Morgan fingerprint density at radius 3 is 2.47 bits per heavy atom. The van der Waals surface area contributed by atoms with Crippen LogP contribution in [0.3, 0.4) is 0 Å². The van der Waals surface area contributed by atoms with Crippen LogP contribution in [0.25, 0.3) is 0 Å². The third-order valence-corrected chi connectivity index (χ3v) is 2.79. The van der Waals surface area contributed by atoms with Crippen molar-refractivity contribution in [2.45, 2.75) is 6.61 Å². The van der Waals surface area contributed by atoms with E-state index in [0.717, 1.165) is 17.0 Å². The van der Waals surface area contributed by atoms with Crippen molar-refractivity contribution in [1.82, 2.24) is 0 Å². The predicted molar refractivity (Wildman–Crippen MR) is 76.6 cm³/mol. The fraction of sp³-hybridized carbons (Fsp3) is 0.133. The van der Waals surface area contributed by atoms with E-state index in [1.54, 1.807) is 0 Å². The van der Waals surface area contributed by atoms with E-state index in [1.807, 2.05) is 54.6 Å². The minimum absolute atomic E-state index is 0.0616. The van der Waals surface area contributed by atoms with Crippen LogP contribution < -0.4 is 10.1 Å². The Bertz CT molecular complexity index is 543. The van der Waals surface area contributed by atoms with Gasteiger partial charge in [0, 0.05) is 11.3 Å². The summed E-state index contributed by atoms with van der Waals surface area (Å²) in [6, 6.07) is 17.0. The molecule has 0 aliphatic rings. The third-order valence-electron chi connectivity index (χ3n) is 2.55. The van der Waals surface area contributed by atoms with E-state index in [-0.39, 0.29) is 11.8 Å². The number of alkyl halides is 1. The molecule has 1 N–H and O–H groups in total. The van der Waals surface area contributed by atoms with Crippen molar-refractivity contribution in [2.75, 3.05) is 11.2 Å². The first kappa shape index (κ1) is 13.4. The molecular weight excluding hydrogens is 262 g/mol. The monoisotopic (exact) mass is 275 g/mol. The fourth-order valence-electron chi connectivity index (χ4n) is 1.63. The number of anilines is 1. The van der Waals surface area contributed by atoms with E-state index < -0.39 is 0 Å². The normalized spacial score (nSPS) is 9.95. The van der Waals surface area contributed by atoms with Crippen molar-refractivity contribution < 1.29 is 9.53 Å². The molecular formula is C15H14ClNO2. The highest BCUT2D eigenvalue weighted by Gasteiger charge is 2.05. The van der Waals surface area contributed by atoms with E-state index in [0.29, 0.717) is 6.61 Å². The molecule has 0 spiro atoms. The summed E-state index contributed by atoms with van der Waals surface area (Å²) < 4.78 is 5.66. The molecule has 1 amide bonds. The van der Waals surface area contributed by atoms with Gasteiger partial charge in [-0.05, 0) is 18.2 Å². The summed E-state index contributed by atoms with van der Waals surface area (Å²) in [6.07, 6.45) is 0. The van der Waals surface area contributed by atoms with Gasteiger partial charge in [0.25, 0.3) is 0 Å². The molecule has 4 heteroatoms. The average Bonchev–Trinajstić information content (AvgIpc) is 2.47. The van der Waals surface area contributed by atoms with Crippen molar-refractivity contribution in [3.8, 4) is 5.75 Å². The van der Waals surface area contributed by atoms with Crippen LogP contribution >= 0.6 is 11.6 Å². The summed E-state index contributed by atoms with van der Waals surface area (Å²) in [5.74, 6) is 0.503. The Kier molecular flexibility index (Phi) is 4.81. The summed E-state index contributed by atoms with van der Waals surface area (Å²) >= 11 is 5.48. The predicted octanol–water partition coefficient (Wildman–Crippen LogP) is 3.44. The van der Waals surface area contributed by atoms with Gasteiger partial charge in [-0.2, -0.15) is 0 Å². The van der Waals surface area contributed by atoms with Crippen LogP contribution in [0.15, 0.2) is 54.6 Å². The van der Waals surface area contributed by atoms with Gasteiger partial charge in [0.1, 0.15) is 18.2 Å². The van der Waals surface area contributed by atoms with Gasteiger partial charge in [0.05, 0.1) is 0 Å². The summed E-state index contributed by atoms with van der Waals surface area (Å²) in [5.41, 5.74) is 1.63. The Hall–Kier alpha value is -2.00. The zero-order chi connectivity index (χ0) is 13.5. The lowest BCUT2D eigenvalue weighted by molar-refractivity contribution is -0.113. The number of amides is 1. The molecule has 0 atom stereocenters. The second kappa shape index (κ2) is 6.81. The quantitative estimate of drug-likeness (QED) is 0.849. The van der Waals surface area contributed by atoms with Gasteiger partial charge in [0.15, 0.2) is 0 Å². The van der Waals surface area contributed by atoms with Gasteiger partial charge in [-0.3, -0.25) is 4.79 Å². The molecule has 0 bridgehead atoms. The number of nitrogens with one attached hydrogen (secondary N) is 1. The molecule has 0 saturated heterocycles.